The lowest BCUT2D eigenvalue weighted by molar-refractivity contribution is -0.0217. The zero-order chi connectivity index (χ0) is 18.0. The van der Waals surface area contributed by atoms with Crippen LogP contribution in [0.25, 0.3) is 0 Å². The van der Waals surface area contributed by atoms with Gasteiger partial charge in [0.1, 0.15) is 6.23 Å². The van der Waals surface area contributed by atoms with Crippen molar-refractivity contribution in [2.75, 3.05) is 5.32 Å². The Bertz CT molecular complexity index is 824. The Labute approximate surface area is 158 Å². The normalized spacial score (nSPS) is 22.8. The van der Waals surface area contributed by atoms with Crippen LogP contribution in [0.3, 0.4) is 0 Å². The van der Waals surface area contributed by atoms with E-state index in [1.165, 1.54) is 4.57 Å². The highest BCUT2D eigenvalue weighted by atomic mass is 127. The van der Waals surface area contributed by atoms with E-state index < -0.39 is 18.0 Å². The highest BCUT2D eigenvalue weighted by Crippen LogP contribution is 2.30. The minimum Gasteiger partial charge on any atom is -0.390 e. The molecule has 2 heterocycles. The van der Waals surface area contributed by atoms with Gasteiger partial charge in [-0.3, -0.25) is 9.36 Å². The number of nitrogens with zero attached hydrogens (tertiary/aromatic N) is 2. The second-order valence-corrected chi connectivity index (χ2v) is 6.95. The van der Waals surface area contributed by atoms with Crippen molar-refractivity contribution in [1.29, 1.82) is 0 Å². The third-order valence-corrected chi connectivity index (χ3v) is 4.88. The first kappa shape index (κ1) is 18.0. The average Bonchev–Trinajstić information content (AvgIpc) is 2.99. The van der Waals surface area contributed by atoms with Crippen molar-refractivity contribution in [2.45, 2.75) is 38.2 Å². The van der Waals surface area contributed by atoms with Crippen LogP contribution < -0.4 is 11.0 Å². The molecule has 1 aliphatic rings. The van der Waals surface area contributed by atoms with Crippen molar-refractivity contribution in [2.24, 2.45) is 0 Å². The summed E-state index contributed by atoms with van der Waals surface area (Å²) in [5, 5.41) is 12.6. The van der Waals surface area contributed by atoms with Crippen molar-refractivity contribution in [1.82, 2.24) is 9.55 Å². The van der Waals surface area contributed by atoms with Crippen molar-refractivity contribution in [3.63, 3.8) is 0 Å². The first-order chi connectivity index (χ1) is 12.0. The third kappa shape index (κ3) is 3.91. The number of amides is 1. The summed E-state index contributed by atoms with van der Waals surface area (Å²) in [6, 6.07) is 8.71. The minimum atomic E-state index is -0.600. The van der Waals surface area contributed by atoms with Gasteiger partial charge in [0.2, 0.25) is 0 Å². The van der Waals surface area contributed by atoms with Gasteiger partial charge in [0, 0.05) is 18.2 Å². The van der Waals surface area contributed by atoms with Crippen LogP contribution in [0.4, 0.5) is 5.82 Å². The van der Waals surface area contributed by atoms with Crippen molar-refractivity contribution in [3.05, 3.63) is 56.1 Å². The summed E-state index contributed by atoms with van der Waals surface area (Å²) in [6.45, 7) is 1.92. The van der Waals surface area contributed by atoms with Gasteiger partial charge < -0.3 is 15.2 Å². The van der Waals surface area contributed by atoms with E-state index in [1.54, 1.807) is 30.5 Å². The molecule has 1 fully saturated rings. The van der Waals surface area contributed by atoms with Crippen LogP contribution in [0.1, 0.15) is 36.4 Å². The number of aliphatic hydroxyl groups is 1. The van der Waals surface area contributed by atoms with Gasteiger partial charge >= 0.3 is 5.69 Å². The average molecular weight is 455 g/mol. The minimum absolute atomic E-state index is 0.210. The van der Waals surface area contributed by atoms with E-state index in [0.717, 1.165) is 0 Å². The van der Waals surface area contributed by atoms with E-state index >= 15 is 0 Å². The molecule has 25 heavy (non-hydrogen) atoms. The van der Waals surface area contributed by atoms with Gasteiger partial charge in [-0.25, -0.2) is 4.79 Å². The van der Waals surface area contributed by atoms with Crippen molar-refractivity contribution in [3.8, 4) is 0 Å². The van der Waals surface area contributed by atoms with Gasteiger partial charge in [-0.15, -0.1) is 0 Å². The molecule has 0 saturated carbocycles. The monoisotopic (exact) mass is 455 g/mol. The maximum atomic E-state index is 12.3. The lowest BCUT2D eigenvalue weighted by Crippen LogP contribution is -2.29. The van der Waals surface area contributed by atoms with Crippen LogP contribution in [0.15, 0.2) is 41.3 Å². The summed E-state index contributed by atoms with van der Waals surface area (Å²) in [6.07, 6.45) is 1.16. The molecule has 0 unspecified atom stereocenters. The van der Waals surface area contributed by atoms with Crippen LogP contribution in [-0.4, -0.2) is 32.8 Å². The van der Waals surface area contributed by atoms with E-state index in [2.05, 4.69) is 10.3 Å². The summed E-state index contributed by atoms with van der Waals surface area (Å²) >= 11 is 2.01. The topological polar surface area (TPSA) is 93.5 Å². The molecule has 1 aromatic carbocycles. The van der Waals surface area contributed by atoms with Gasteiger partial charge in [0.05, 0.1) is 15.8 Å². The first-order valence-corrected chi connectivity index (χ1v) is 9.06. The van der Waals surface area contributed by atoms with E-state index in [-0.39, 0.29) is 17.8 Å². The molecule has 0 aliphatic carbocycles. The van der Waals surface area contributed by atoms with E-state index in [0.29, 0.717) is 22.0 Å². The van der Waals surface area contributed by atoms with Gasteiger partial charge in [0.25, 0.3) is 5.91 Å². The zero-order valence-electron chi connectivity index (χ0n) is 13.6. The second-order valence-electron chi connectivity index (χ2n) is 5.79. The number of benzene rings is 1. The van der Waals surface area contributed by atoms with Gasteiger partial charge in [-0.2, -0.15) is 4.98 Å². The fraction of sp³-hybridized carbons (Fsp3) is 0.353. The standard InChI is InChI=1S/C17H18IN3O4/c1-2-13-12(22)8-14(25-13)21-9-11(18)15(20-17(21)24)19-16(23)10-6-4-3-5-7-10/h3-7,9,12-14,22H,2,8H2,1H3,(H,19,20,23,24)/t12-,13-,14-/m1/s1. The summed E-state index contributed by atoms with van der Waals surface area (Å²) in [5.41, 5.74) is -0.0463. The maximum absolute atomic E-state index is 12.3. The quantitative estimate of drug-likeness (QED) is 0.690. The third-order valence-electron chi connectivity index (χ3n) is 4.09. The molecule has 3 rings (SSSR count). The van der Waals surface area contributed by atoms with Crippen LogP contribution >= 0.6 is 22.6 Å². The SMILES string of the molecule is CC[C@H]1O[C@@H](n2cc(I)c(NC(=O)c3ccccc3)nc2=O)C[C@H]1O. The molecule has 8 heteroatoms. The Balaban J connectivity index is 1.81. The summed E-state index contributed by atoms with van der Waals surface area (Å²) in [5.74, 6) is -0.122. The number of aromatic nitrogens is 2. The number of nitrogens with one attached hydrogen (secondary N) is 1. The Hall–Kier alpha value is -1.78. The smallest absolute Gasteiger partial charge is 0.351 e. The summed E-state index contributed by atoms with van der Waals surface area (Å²) < 4.78 is 7.69. The number of halogens is 1. The molecule has 0 spiro atoms. The van der Waals surface area contributed by atoms with Crippen LogP contribution in [0.5, 0.6) is 0 Å². The molecule has 132 valence electrons. The number of carbonyl (C=O) groups is 1. The first-order valence-electron chi connectivity index (χ1n) is 7.98. The molecule has 0 bridgehead atoms. The highest BCUT2D eigenvalue weighted by molar-refractivity contribution is 14.1. The second kappa shape index (κ2) is 7.63. The predicted molar refractivity (Wildman–Crippen MR) is 100 cm³/mol. The number of anilines is 1. The number of hydrogen-bond acceptors (Lipinski definition) is 5. The number of hydrogen-bond donors (Lipinski definition) is 2. The molecule has 1 aromatic heterocycles. The van der Waals surface area contributed by atoms with Gasteiger partial charge in [0.15, 0.2) is 5.82 Å². The molecule has 1 saturated heterocycles. The number of aliphatic hydroxyl groups excluding tert-OH is 1. The number of rotatable bonds is 4. The Kier molecular flexibility index (Phi) is 5.50. The summed E-state index contributed by atoms with van der Waals surface area (Å²) in [4.78, 5) is 28.5. The molecular formula is C17H18IN3O4. The fourth-order valence-electron chi connectivity index (χ4n) is 2.76. The predicted octanol–water partition coefficient (Wildman–Crippen LogP) is 2.16. The van der Waals surface area contributed by atoms with E-state index in [1.807, 2.05) is 35.6 Å². The molecule has 0 radical (unpaired) electrons. The molecule has 1 amide bonds. The fourth-order valence-corrected chi connectivity index (χ4v) is 3.32. The number of carbonyl (C=O) groups excluding carboxylic acids is 1. The number of ether oxygens (including phenoxy) is 1. The van der Waals surface area contributed by atoms with Gasteiger partial charge in [-0.05, 0) is 41.1 Å². The highest BCUT2D eigenvalue weighted by Gasteiger charge is 2.34. The van der Waals surface area contributed by atoms with Crippen LogP contribution in [-0.2, 0) is 4.74 Å². The van der Waals surface area contributed by atoms with Crippen molar-refractivity contribution >= 4 is 34.3 Å². The van der Waals surface area contributed by atoms with Gasteiger partial charge in [-0.1, -0.05) is 25.1 Å². The maximum Gasteiger partial charge on any atom is 0.351 e. The van der Waals surface area contributed by atoms with Crippen LogP contribution in [0, 0.1) is 3.57 Å². The van der Waals surface area contributed by atoms with E-state index in [9.17, 15) is 14.7 Å². The largest absolute Gasteiger partial charge is 0.390 e. The molecule has 1 aliphatic heterocycles. The Morgan fingerprint density at radius 1 is 1.44 bits per heavy atom. The Morgan fingerprint density at radius 3 is 2.80 bits per heavy atom. The lowest BCUT2D eigenvalue weighted by atomic mass is 10.1. The van der Waals surface area contributed by atoms with Crippen molar-refractivity contribution < 1.29 is 14.6 Å². The molecule has 7 nitrogen and oxygen atoms in total. The van der Waals surface area contributed by atoms with E-state index in [4.69, 9.17) is 4.74 Å². The summed E-state index contributed by atoms with van der Waals surface area (Å²) in [7, 11) is 0. The lowest BCUT2D eigenvalue weighted by Gasteiger charge is -2.16. The molecule has 2 aromatic rings. The molecular weight excluding hydrogens is 437 g/mol. The molecule has 2 N–H and O–H groups in total. The Morgan fingerprint density at radius 2 is 2.16 bits per heavy atom. The molecule has 3 atom stereocenters. The zero-order valence-corrected chi connectivity index (χ0v) is 15.7. The van der Waals surface area contributed by atoms with Crippen LogP contribution in [0.2, 0.25) is 0 Å².